The number of nitrogens with zero attached hydrogens (tertiary/aromatic N) is 1. The first-order chi connectivity index (χ1) is 7.81. The molecule has 1 aromatic heterocycles. The van der Waals surface area contributed by atoms with Crippen molar-refractivity contribution in [2.45, 2.75) is 26.2 Å². The zero-order valence-electron chi connectivity index (χ0n) is 9.74. The summed E-state index contributed by atoms with van der Waals surface area (Å²) in [5.74, 6) is 0. The Bertz CT molecular complexity index is 477. The third-order valence-corrected chi connectivity index (χ3v) is 2.94. The number of hydrogen-bond donors (Lipinski definition) is 1. The highest BCUT2D eigenvalue weighted by molar-refractivity contribution is 5.82. The van der Waals surface area contributed by atoms with Gasteiger partial charge in [0.15, 0.2) is 0 Å². The van der Waals surface area contributed by atoms with E-state index in [1.54, 1.807) is 0 Å². The molecule has 0 radical (unpaired) electrons. The molecule has 2 heteroatoms. The smallest absolute Gasteiger partial charge is 0.0704 e. The minimum absolute atomic E-state index is 0.786. The zero-order chi connectivity index (χ0) is 11.4. The molecule has 1 heterocycles. The molecule has 0 amide bonds. The van der Waals surface area contributed by atoms with E-state index in [1.807, 2.05) is 6.20 Å². The van der Waals surface area contributed by atoms with E-state index in [2.05, 4.69) is 36.2 Å². The number of aryl methyl sites for hydroxylation is 2. The van der Waals surface area contributed by atoms with Crippen LogP contribution in [0.25, 0.3) is 10.9 Å². The monoisotopic (exact) mass is 214 g/mol. The van der Waals surface area contributed by atoms with E-state index in [4.69, 9.17) is 5.73 Å². The lowest BCUT2D eigenvalue weighted by atomic mass is 10.0. The van der Waals surface area contributed by atoms with Gasteiger partial charge in [0.2, 0.25) is 0 Å². The van der Waals surface area contributed by atoms with Gasteiger partial charge in [-0.3, -0.25) is 4.98 Å². The van der Waals surface area contributed by atoms with Crippen molar-refractivity contribution in [2.24, 2.45) is 5.73 Å². The van der Waals surface area contributed by atoms with E-state index in [0.717, 1.165) is 24.9 Å². The van der Waals surface area contributed by atoms with Gasteiger partial charge in [-0.25, -0.2) is 0 Å². The first kappa shape index (κ1) is 11.1. The minimum Gasteiger partial charge on any atom is -0.330 e. The van der Waals surface area contributed by atoms with Gasteiger partial charge >= 0.3 is 0 Å². The van der Waals surface area contributed by atoms with Crippen molar-refractivity contribution in [1.29, 1.82) is 0 Å². The Kier molecular flexibility index (Phi) is 3.52. The quantitative estimate of drug-likeness (QED) is 0.795. The normalized spacial score (nSPS) is 10.9. The van der Waals surface area contributed by atoms with Crippen LogP contribution in [0, 0.1) is 6.92 Å². The molecule has 0 aliphatic carbocycles. The number of pyridine rings is 1. The summed E-state index contributed by atoms with van der Waals surface area (Å²) in [5.41, 5.74) is 9.27. The van der Waals surface area contributed by atoms with Crippen molar-refractivity contribution in [3.05, 3.63) is 41.6 Å². The highest BCUT2D eigenvalue weighted by Crippen LogP contribution is 2.18. The first-order valence-electron chi connectivity index (χ1n) is 5.85. The van der Waals surface area contributed by atoms with E-state index in [-0.39, 0.29) is 0 Å². The molecule has 0 aliphatic rings. The van der Waals surface area contributed by atoms with Gasteiger partial charge in [0, 0.05) is 11.6 Å². The van der Waals surface area contributed by atoms with E-state index in [9.17, 15) is 0 Å². The van der Waals surface area contributed by atoms with Crippen LogP contribution in [0.15, 0.2) is 30.5 Å². The maximum absolute atomic E-state index is 5.50. The maximum Gasteiger partial charge on any atom is 0.0704 e. The average molecular weight is 214 g/mol. The van der Waals surface area contributed by atoms with Crippen LogP contribution in [0.5, 0.6) is 0 Å². The Morgan fingerprint density at radius 1 is 1.19 bits per heavy atom. The molecule has 2 rings (SSSR count). The van der Waals surface area contributed by atoms with Crippen LogP contribution in [-0.4, -0.2) is 11.5 Å². The predicted molar refractivity (Wildman–Crippen MR) is 68.5 cm³/mol. The van der Waals surface area contributed by atoms with Crippen molar-refractivity contribution >= 4 is 10.9 Å². The molecule has 2 N–H and O–H groups in total. The Morgan fingerprint density at radius 2 is 2.06 bits per heavy atom. The lowest BCUT2D eigenvalue weighted by Gasteiger charge is -2.05. The number of nitrogens with two attached hydrogens (primary N) is 1. The SMILES string of the molecule is Cc1ccnc2ccc(CCCCN)cc12. The van der Waals surface area contributed by atoms with Crippen LogP contribution in [0.2, 0.25) is 0 Å². The lowest BCUT2D eigenvalue weighted by Crippen LogP contribution is -1.99. The highest BCUT2D eigenvalue weighted by atomic mass is 14.6. The van der Waals surface area contributed by atoms with Gasteiger partial charge in [0.05, 0.1) is 5.52 Å². The lowest BCUT2D eigenvalue weighted by molar-refractivity contribution is 0.745. The van der Waals surface area contributed by atoms with Crippen LogP contribution < -0.4 is 5.73 Å². The molecule has 1 aromatic carbocycles. The number of unbranched alkanes of at least 4 members (excludes halogenated alkanes) is 1. The van der Waals surface area contributed by atoms with Gasteiger partial charge in [-0.15, -0.1) is 0 Å². The molecular weight excluding hydrogens is 196 g/mol. The molecule has 84 valence electrons. The Balaban J connectivity index is 2.25. The molecule has 0 fully saturated rings. The molecule has 0 spiro atoms. The topological polar surface area (TPSA) is 38.9 Å². The molecule has 0 unspecified atom stereocenters. The standard InChI is InChI=1S/C14H18N2/c1-11-7-9-16-14-6-5-12(10-13(11)14)4-2-3-8-15/h5-7,9-10H,2-4,8,15H2,1H3. The van der Waals surface area contributed by atoms with Crippen LogP contribution >= 0.6 is 0 Å². The molecule has 2 nitrogen and oxygen atoms in total. The summed E-state index contributed by atoms with van der Waals surface area (Å²) in [6.07, 6.45) is 5.25. The van der Waals surface area contributed by atoms with Crippen LogP contribution in [0.4, 0.5) is 0 Å². The van der Waals surface area contributed by atoms with E-state index >= 15 is 0 Å². The molecule has 16 heavy (non-hydrogen) atoms. The van der Waals surface area contributed by atoms with Gasteiger partial charge in [0.25, 0.3) is 0 Å². The minimum atomic E-state index is 0.786. The molecule has 2 aromatic rings. The molecule has 0 bridgehead atoms. The summed E-state index contributed by atoms with van der Waals surface area (Å²) >= 11 is 0. The highest BCUT2D eigenvalue weighted by Gasteiger charge is 2.00. The summed E-state index contributed by atoms with van der Waals surface area (Å²) in [5, 5.41) is 1.27. The van der Waals surface area contributed by atoms with Gasteiger partial charge in [-0.2, -0.15) is 0 Å². The van der Waals surface area contributed by atoms with Crippen LogP contribution in [0.1, 0.15) is 24.0 Å². The first-order valence-corrected chi connectivity index (χ1v) is 5.85. The van der Waals surface area contributed by atoms with E-state index in [0.29, 0.717) is 0 Å². The van der Waals surface area contributed by atoms with Crippen molar-refractivity contribution in [1.82, 2.24) is 4.98 Å². The van der Waals surface area contributed by atoms with Gasteiger partial charge in [0.1, 0.15) is 0 Å². The third-order valence-electron chi connectivity index (χ3n) is 2.94. The van der Waals surface area contributed by atoms with Crippen molar-refractivity contribution in [2.75, 3.05) is 6.54 Å². The average Bonchev–Trinajstić information content (AvgIpc) is 2.30. The molecule has 0 atom stereocenters. The fourth-order valence-electron chi connectivity index (χ4n) is 1.96. The number of fused-ring (bicyclic) bond motifs is 1. The fraction of sp³-hybridized carbons (Fsp3) is 0.357. The van der Waals surface area contributed by atoms with Gasteiger partial charge in [-0.05, 0) is 62.1 Å². The summed E-state index contributed by atoms with van der Waals surface area (Å²) in [7, 11) is 0. The summed E-state index contributed by atoms with van der Waals surface area (Å²) < 4.78 is 0. The van der Waals surface area contributed by atoms with Crippen molar-refractivity contribution in [3.63, 3.8) is 0 Å². The molecule has 0 aliphatic heterocycles. The second-order valence-corrected chi connectivity index (χ2v) is 4.23. The van der Waals surface area contributed by atoms with Gasteiger partial charge < -0.3 is 5.73 Å². The third kappa shape index (κ3) is 2.39. The second-order valence-electron chi connectivity index (χ2n) is 4.23. The maximum atomic E-state index is 5.50. The van der Waals surface area contributed by atoms with E-state index in [1.165, 1.54) is 22.9 Å². The Labute approximate surface area is 96.5 Å². The number of hydrogen-bond acceptors (Lipinski definition) is 2. The van der Waals surface area contributed by atoms with Crippen molar-refractivity contribution in [3.8, 4) is 0 Å². The number of aromatic nitrogens is 1. The summed E-state index contributed by atoms with van der Waals surface area (Å²) in [4.78, 5) is 4.36. The summed E-state index contributed by atoms with van der Waals surface area (Å²) in [6, 6.07) is 8.60. The largest absolute Gasteiger partial charge is 0.330 e. The fourth-order valence-corrected chi connectivity index (χ4v) is 1.96. The summed E-state index contributed by atoms with van der Waals surface area (Å²) in [6.45, 7) is 2.92. The molecule has 0 saturated heterocycles. The second kappa shape index (κ2) is 5.08. The van der Waals surface area contributed by atoms with E-state index < -0.39 is 0 Å². The number of rotatable bonds is 4. The van der Waals surface area contributed by atoms with Crippen molar-refractivity contribution < 1.29 is 0 Å². The Hall–Kier alpha value is -1.41. The van der Waals surface area contributed by atoms with Gasteiger partial charge in [-0.1, -0.05) is 6.07 Å². The zero-order valence-corrected chi connectivity index (χ0v) is 9.74. The molecule has 0 saturated carbocycles. The van der Waals surface area contributed by atoms with Crippen LogP contribution in [-0.2, 0) is 6.42 Å². The Morgan fingerprint density at radius 3 is 2.88 bits per heavy atom. The predicted octanol–water partition coefficient (Wildman–Crippen LogP) is 2.82. The number of benzene rings is 1. The molecular formula is C14H18N2. The van der Waals surface area contributed by atoms with Crippen LogP contribution in [0.3, 0.4) is 0 Å².